The van der Waals surface area contributed by atoms with Gasteiger partial charge in [-0.1, -0.05) is 42.5 Å². The van der Waals surface area contributed by atoms with Crippen molar-refractivity contribution < 1.29 is 12.3 Å². The highest BCUT2D eigenvalue weighted by atomic mass is 32.3. The Labute approximate surface area is 112 Å². The van der Waals surface area contributed by atoms with Crippen LogP contribution in [0.1, 0.15) is 18.4 Å². The number of fused-ring (bicyclic) bond motifs is 2. The number of allylic oxidation sites excluding steroid dienone is 4. The fourth-order valence-corrected chi connectivity index (χ4v) is 4.25. The predicted octanol–water partition coefficient (Wildman–Crippen LogP) is 3.38. The zero-order valence-corrected chi connectivity index (χ0v) is 11.2. The number of aryl methyl sites for hydroxylation is 1. The van der Waals surface area contributed by atoms with Crippen LogP contribution in [0.2, 0.25) is 0 Å². The van der Waals surface area contributed by atoms with Crippen molar-refractivity contribution in [2.24, 2.45) is 11.8 Å². The minimum atomic E-state index is -4.56. The van der Waals surface area contributed by atoms with Crippen LogP contribution in [0.3, 0.4) is 0 Å². The van der Waals surface area contributed by atoms with Gasteiger partial charge in [0, 0.05) is 11.8 Å². The second kappa shape index (κ2) is 4.60. The smallest absolute Gasteiger partial charge is 0.190 e. The zero-order chi connectivity index (χ0) is 13.5. The largest absolute Gasteiger partial charge is 0.328 e. The molecule has 0 aliphatic heterocycles. The van der Waals surface area contributed by atoms with Crippen LogP contribution in [0.5, 0.6) is 0 Å². The summed E-state index contributed by atoms with van der Waals surface area (Å²) in [6.07, 6.45) is 5.94. The molecule has 2 aliphatic rings. The summed E-state index contributed by atoms with van der Waals surface area (Å²) in [6, 6.07) is 9.87. The van der Waals surface area contributed by atoms with Gasteiger partial charge in [-0.3, -0.25) is 0 Å². The fourth-order valence-electron chi connectivity index (χ4n) is 3.14. The molecule has 2 nitrogen and oxygen atoms in total. The Bertz CT molecular complexity index is 644. The van der Waals surface area contributed by atoms with Gasteiger partial charge in [0.05, 0.1) is 4.91 Å². The van der Waals surface area contributed by atoms with Gasteiger partial charge in [0.1, 0.15) is 0 Å². The van der Waals surface area contributed by atoms with Crippen molar-refractivity contribution in [2.45, 2.75) is 19.3 Å². The Morgan fingerprint density at radius 1 is 1.05 bits per heavy atom. The molecule has 0 fully saturated rings. The zero-order valence-electron chi connectivity index (χ0n) is 10.4. The molecule has 2 atom stereocenters. The van der Waals surface area contributed by atoms with Gasteiger partial charge in [-0.15, -0.1) is 3.89 Å². The molecule has 0 amide bonds. The van der Waals surface area contributed by atoms with E-state index in [9.17, 15) is 12.3 Å². The minimum absolute atomic E-state index is 0.0379. The topological polar surface area (TPSA) is 34.1 Å². The predicted molar refractivity (Wildman–Crippen MR) is 72.6 cm³/mol. The van der Waals surface area contributed by atoms with Crippen molar-refractivity contribution >= 4 is 10.2 Å². The van der Waals surface area contributed by atoms with E-state index in [0.29, 0.717) is 6.42 Å². The number of rotatable bonds is 4. The van der Waals surface area contributed by atoms with Crippen molar-refractivity contribution in [1.29, 1.82) is 0 Å². The molecular formula is C15H15FO2S. The highest BCUT2D eigenvalue weighted by Crippen LogP contribution is 2.47. The highest BCUT2D eigenvalue weighted by molar-refractivity contribution is 7.90. The molecule has 0 spiro atoms. The van der Waals surface area contributed by atoms with E-state index in [1.807, 2.05) is 42.5 Å². The first kappa shape index (κ1) is 12.6. The molecule has 0 N–H and O–H groups in total. The molecule has 4 heteroatoms. The van der Waals surface area contributed by atoms with Gasteiger partial charge in [0.2, 0.25) is 0 Å². The molecule has 2 bridgehead atoms. The SMILES string of the molecule is O=S(=O)(F)C1=C(CCc2ccccc2)C2C=CC1C2. The summed E-state index contributed by atoms with van der Waals surface area (Å²) in [6.45, 7) is 0. The summed E-state index contributed by atoms with van der Waals surface area (Å²) in [7, 11) is -4.56. The fraction of sp³-hybridized carbons (Fsp3) is 0.333. The second-order valence-electron chi connectivity index (χ2n) is 5.15. The van der Waals surface area contributed by atoms with E-state index >= 15 is 0 Å². The Morgan fingerprint density at radius 3 is 2.42 bits per heavy atom. The van der Waals surface area contributed by atoms with Crippen LogP contribution in [0.25, 0.3) is 0 Å². The summed E-state index contributed by atoms with van der Waals surface area (Å²) in [4.78, 5) is 0.0379. The summed E-state index contributed by atoms with van der Waals surface area (Å²) in [5.74, 6) is -0.111. The van der Waals surface area contributed by atoms with E-state index in [1.54, 1.807) is 0 Å². The van der Waals surface area contributed by atoms with Crippen molar-refractivity contribution in [3.8, 4) is 0 Å². The number of benzene rings is 1. The molecule has 1 aromatic carbocycles. The van der Waals surface area contributed by atoms with Gasteiger partial charge in [0.25, 0.3) is 0 Å². The molecule has 100 valence electrons. The number of hydrogen-bond donors (Lipinski definition) is 0. The van der Waals surface area contributed by atoms with E-state index in [4.69, 9.17) is 0 Å². The second-order valence-corrected chi connectivity index (χ2v) is 6.46. The Hall–Kier alpha value is -1.42. The van der Waals surface area contributed by atoms with Gasteiger partial charge in [-0.2, -0.15) is 8.42 Å². The normalized spacial score (nSPS) is 25.3. The molecule has 3 rings (SSSR count). The van der Waals surface area contributed by atoms with Gasteiger partial charge in [-0.05, 0) is 30.4 Å². The first-order valence-corrected chi connectivity index (χ1v) is 7.84. The maximum Gasteiger partial charge on any atom is 0.328 e. The van der Waals surface area contributed by atoms with Crippen LogP contribution in [0, 0.1) is 11.8 Å². The van der Waals surface area contributed by atoms with Crippen LogP contribution in [-0.4, -0.2) is 8.42 Å². The lowest BCUT2D eigenvalue weighted by atomic mass is 9.96. The average molecular weight is 278 g/mol. The summed E-state index contributed by atoms with van der Waals surface area (Å²) in [5, 5.41) is 0. The van der Waals surface area contributed by atoms with E-state index in [0.717, 1.165) is 24.0 Å². The van der Waals surface area contributed by atoms with Crippen LogP contribution in [0.4, 0.5) is 3.89 Å². The van der Waals surface area contributed by atoms with Crippen molar-refractivity contribution in [3.05, 3.63) is 58.5 Å². The molecule has 1 aromatic rings. The Kier molecular flexibility index (Phi) is 3.05. The third-order valence-corrected chi connectivity index (χ3v) is 5.06. The monoisotopic (exact) mass is 278 g/mol. The Morgan fingerprint density at radius 2 is 1.74 bits per heavy atom. The summed E-state index contributed by atoms with van der Waals surface area (Å²) < 4.78 is 36.0. The Balaban J connectivity index is 1.84. The standard InChI is InChI=1S/C15H15FO2S/c16-19(17,18)15-13-8-7-12(10-13)14(15)9-6-11-4-2-1-3-5-11/h1-5,7-8,12-13H,6,9-10H2. The highest BCUT2D eigenvalue weighted by Gasteiger charge is 2.41. The molecule has 0 aromatic heterocycles. The van der Waals surface area contributed by atoms with E-state index in [2.05, 4.69) is 0 Å². The molecule has 0 radical (unpaired) electrons. The van der Waals surface area contributed by atoms with Crippen LogP contribution in [-0.2, 0) is 16.6 Å². The maximum absolute atomic E-state index is 13.4. The lowest BCUT2D eigenvalue weighted by molar-refractivity contribution is 0.554. The van der Waals surface area contributed by atoms with Crippen LogP contribution >= 0.6 is 0 Å². The number of halogens is 1. The van der Waals surface area contributed by atoms with Crippen molar-refractivity contribution in [1.82, 2.24) is 0 Å². The first-order chi connectivity index (χ1) is 9.05. The van der Waals surface area contributed by atoms with Crippen molar-refractivity contribution in [2.75, 3.05) is 0 Å². The molecule has 0 saturated heterocycles. The number of hydrogen-bond acceptors (Lipinski definition) is 2. The van der Waals surface area contributed by atoms with Gasteiger partial charge >= 0.3 is 10.2 Å². The van der Waals surface area contributed by atoms with E-state index < -0.39 is 10.2 Å². The molecule has 19 heavy (non-hydrogen) atoms. The summed E-state index contributed by atoms with van der Waals surface area (Å²) in [5.41, 5.74) is 1.93. The summed E-state index contributed by atoms with van der Waals surface area (Å²) >= 11 is 0. The van der Waals surface area contributed by atoms with Gasteiger partial charge in [0.15, 0.2) is 0 Å². The molecular weight excluding hydrogens is 263 g/mol. The third kappa shape index (κ3) is 2.37. The van der Waals surface area contributed by atoms with E-state index in [-0.39, 0.29) is 16.7 Å². The first-order valence-electron chi connectivity index (χ1n) is 6.45. The lowest BCUT2D eigenvalue weighted by Crippen LogP contribution is -2.07. The van der Waals surface area contributed by atoms with Crippen molar-refractivity contribution in [3.63, 3.8) is 0 Å². The quantitative estimate of drug-likeness (QED) is 0.625. The van der Waals surface area contributed by atoms with Crippen LogP contribution < -0.4 is 0 Å². The minimum Gasteiger partial charge on any atom is -0.190 e. The average Bonchev–Trinajstić information content (AvgIpc) is 2.96. The lowest BCUT2D eigenvalue weighted by Gasteiger charge is -2.13. The van der Waals surface area contributed by atoms with Crippen LogP contribution in [0.15, 0.2) is 53.0 Å². The van der Waals surface area contributed by atoms with Gasteiger partial charge < -0.3 is 0 Å². The molecule has 2 unspecified atom stereocenters. The van der Waals surface area contributed by atoms with E-state index in [1.165, 1.54) is 0 Å². The molecule has 0 heterocycles. The maximum atomic E-state index is 13.4. The third-order valence-electron chi connectivity index (χ3n) is 3.97. The van der Waals surface area contributed by atoms with Gasteiger partial charge in [-0.25, -0.2) is 0 Å². The molecule has 0 saturated carbocycles. The molecule has 2 aliphatic carbocycles.